The first-order valence-corrected chi connectivity index (χ1v) is 5.66. The molecule has 1 unspecified atom stereocenters. The Hall–Kier alpha value is -0.930. The third-order valence-electron chi connectivity index (χ3n) is 2.35. The second-order valence-corrected chi connectivity index (χ2v) is 4.23. The van der Waals surface area contributed by atoms with Crippen molar-refractivity contribution in [3.05, 3.63) is 5.82 Å². The van der Waals surface area contributed by atoms with E-state index in [1.54, 1.807) is 4.90 Å². The van der Waals surface area contributed by atoms with Crippen molar-refractivity contribution in [2.24, 2.45) is 0 Å². The summed E-state index contributed by atoms with van der Waals surface area (Å²) >= 11 is 0.680. The summed E-state index contributed by atoms with van der Waals surface area (Å²) in [6.45, 7) is 0.882. The van der Waals surface area contributed by atoms with Crippen LogP contribution in [0.25, 0.3) is 0 Å². The number of aliphatic hydroxyl groups is 1. The highest BCUT2D eigenvalue weighted by molar-refractivity contribution is 7.09. The maximum Gasteiger partial charge on any atom is 0.452 e. The number of aromatic nitrogens is 2. The molecule has 1 aromatic rings. The first-order chi connectivity index (χ1) is 8.02. The number of ether oxygens (including phenoxy) is 1. The number of alkyl halides is 3. The van der Waals surface area contributed by atoms with Crippen LogP contribution in [0, 0.1) is 0 Å². The predicted octanol–water partition coefficient (Wildman–Crippen LogP) is 0.754. The summed E-state index contributed by atoms with van der Waals surface area (Å²) in [4.78, 5) is 5.04. The normalized spacial score (nSPS) is 21.9. The van der Waals surface area contributed by atoms with Crippen molar-refractivity contribution in [1.29, 1.82) is 0 Å². The lowest BCUT2D eigenvalue weighted by atomic mass is 10.2. The second-order valence-electron chi connectivity index (χ2n) is 3.50. The van der Waals surface area contributed by atoms with Crippen molar-refractivity contribution in [3.8, 4) is 0 Å². The van der Waals surface area contributed by atoms with Crippen LogP contribution in [0.5, 0.6) is 0 Å². The Balaban J connectivity index is 2.18. The van der Waals surface area contributed by atoms with Gasteiger partial charge in [0.2, 0.25) is 11.0 Å². The Bertz CT molecular complexity index is 384. The Morgan fingerprint density at radius 1 is 1.53 bits per heavy atom. The first-order valence-electron chi connectivity index (χ1n) is 4.88. The molecule has 9 heteroatoms. The Morgan fingerprint density at radius 2 is 2.29 bits per heavy atom. The van der Waals surface area contributed by atoms with Gasteiger partial charge < -0.3 is 14.7 Å². The van der Waals surface area contributed by atoms with Crippen LogP contribution in [0.4, 0.5) is 18.3 Å². The zero-order chi connectivity index (χ0) is 12.5. The van der Waals surface area contributed by atoms with Crippen LogP contribution in [0.15, 0.2) is 0 Å². The quantitative estimate of drug-likeness (QED) is 0.858. The third-order valence-corrected chi connectivity index (χ3v) is 3.11. The maximum absolute atomic E-state index is 12.3. The molecule has 0 bridgehead atoms. The summed E-state index contributed by atoms with van der Waals surface area (Å²) in [5.74, 6) is -1.14. The number of rotatable bonds is 2. The van der Waals surface area contributed by atoms with Crippen LogP contribution in [0.1, 0.15) is 5.82 Å². The van der Waals surface area contributed by atoms with E-state index in [9.17, 15) is 13.2 Å². The summed E-state index contributed by atoms with van der Waals surface area (Å²) in [5.41, 5.74) is 0. The average Bonchev–Trinajstić information content (AvgIpc) is 2.77. The molecule has 17 heavy (non-hydrogen) atoms. The summed E-state index contributed by atoms with van der Waals surface area (Å²) in [5, 5.41) is 9.27. The minimum Gasteiger partial charge on any atom is -0.394 e. The molecule has 1 saturated heterocycles. The first kappa shape index (κ1) is 12.5. The van der Waals surface area contributed by atoms with Gasteiger partial charge in [0.1, 0.15) is 0 Å². The largest absolute Gasteiger partial charge is 0.452 e. The maximum atomic E-state index is 12.3. The van der Waals surface area contributed by atoms with E-state index in [0.29, 0.717) is 24.7 Å². The van der Waals surface area contributed by atoms with Gasteiger partial charge in [-0.25, -0.2) is 0 Å². The molecule has 2 rings (SSSR count). The smallest absolute Gasteiger partial charge is 0.394 e. The van der Waals surface area contributed by atoms with Gasteiger partial charge in [-0.15, -0.1) is 0 Å². The van der Waals surface area contributed by atoms with Gasteiger partial charge in [0.25, 0.3) is 0 Å². The molecule has 0 aromatic carbocycles. The number of hydrogen-bond donors (Lipinski definition) is 1. The van der Waals surface area contributed by atoms with Gasteiger partial charge in [-0.1, -0.05) is 0 Å². The Labute approximate surface area is 99.0 Å². The second kappa shape index (κ2) is 4.75. The molecule has 1 aliphatic rings. The van der Waals surface area contributed by atoms with Crippen molar-refractivity contribution in [1.82, 2.24) is 9.36 Å². The minimum atomic E-state index is -4.53. The monoisotopic (exact) mass is 269 g/mol. The van der Waals surface area contributed by atoms with E-state index in [-0.39, 0.29) is 24.4 Å². The van der Waals surface area contributed by atoms with Crippen molar-refractivity contribution in [2.45, 2.75) is 12.2 Å². The molecular formula is C8H10F3N3O2S. The molecule has 0 radical (unpaired) electrons. The number of halogens is 3. The summed E-state index contributed by atoms with van der Waals surface area (Å²) in [6, 6.07) is -0.363. The van der Waals surface area contributed by atoms with Gasteiger partial charge in [-0.2, -0.15) is 22.5 Å². The van der Waals surface area contributed by atoms with E-state index < -0.39 is 12.0 Å². The van der Waals surface area contributed by atoms with E-state index in [4.69, 9.17) is 9.84 Å². The van der Waals surface area contributed by atoms with E-state index in [1.165, 1.54) is 0 Å². The highest BCUT2D eigenvalue weighted by Gasteiger charge is 2.37. The molecule has 0 saturated carbocycles. The molecule has 1 N–H and O–H groups in total. The number of aliphatic hydroxyl groups excluding tert-OH is 1. The lowest BCUT2D eigenvalue weighted by molar-refractivity contribution is -0.144. The highest BCUT2D eigenvalue weighted by Crippen LogP contribution is 2.31. The van der Waals surface area contributed by atoms with E-state index in [2.05, 4.69) is 9.36 Å². The molecule has 1 fully saturated rings. The Kier molecular flexibility index (Phi) is 3.50. The van der Waals surface area contributed by atoms with Crippen LogP contribution in [-0.4, -0.2) is 46.9 Å². The topological polar surface area (TPSA) is 58.5 Å². The fourth-order valence-electron chi connectivity index (χ4n) is 1.51. The molecule has 1 aromatic heterocycles. The van der Waals surface area contributed by atoms with Crippen molar-refractivity contribution in [3.63, 3.8) is 0 Å². The molecule has 96 valence electrons. The molecular weight excluding hydrogens is 259 g/mol. The number of hydrogen-bond acceptors (Lipinski definition) is 6. The molecule has 0 amide bonds. The van der Waals surface area contributed by atoms with Crippen LogP contribution in [0.2, 0.25) is 0 Å². The zero-order valence-corrected chi connectivity index (χ0v) is 9.46. The summed E-state index contributed by atoms with van der Waals surface area (Å²) < 4.78 is 45.4. The number of anilines is 1. The van der Waals surface area contributed by atoms with Crippen LogP contribution < -0.4 is 4.90 Å². The number of nitrogens with zero attached hydrogens (tertiary/aromatic N) is 3. The molecule has 5 nitrogen and oxygen atoms in total. The zero-order valence-electron chi connectivity index (χ0n) is 8.65. The SMILES string of the molecule is OCC1COCCN1c1nc(C(F)(F)F)ns1. The summed E-state index contributed by atoms with van der Waals surface area (Å²) in [6.07, 6.45) is -4.53. The van der Waals surface area contributed by atoms with E-state index in [1.807, 2.05) is 0 Å². The van der Waals surface area contributed by atoms with Crippen molar-refractivity contribution < 1.29 is 23.0 Å². The molecule has 1 atom stereocenters. The van der Waals surface area contributed by atoms with Gasteiger partial charge >= 0.3 is 6.18 Å². The van der Waals surface area contributed by atoms with Gasteiger partial charge in [0.05, 0.1) is 25.9 Å². The minimum absolute atomic E-state index is 0.166. The molecule has 2 heterocycles. The van der Waals surface area contributed by atoms with E-state index >= 15 is 0 Å². The Morgan fingerprint density at radius 3 is 2.88 bits per heavy atom. The fraction of sp³-hybridized carbons (Fsp3) is 0.750. The lowest BCUT2D eigenvalue weighted by Gasteiger charge is -2.33. The third kappa shape index (κ3) is 2.67. The fourth-order valence-corrected chi connectivity index (χ4v) is 2.29. The van der Waals surface area contributed by atoms with Crippen LogP contribution >= 0.6 is 11.5 Å². The van der Waals surface area contributed by atoms with Crippen molar-refractivity contribution in [2.75, 3.05) is 31.3 Å². The van der Waals surface area contributed by atoms with Gasteiger partial charge in [-0.05, 0) is 0 Å². The van der Waals surface area contributed by atoms with Crippen LogP contribution in [0.3, 0.4) is 0 Å². The molecule has 1 aliphatic heterocycles. The van der Waals surface area contributed by atoms with E-state index in [0.717, 1.165) is 0 Å². The predicted molar refractivity (Wildman–Crippen MR) is 53.9 cm³/mol. The molecule has 0 spiro atoms. The number of morpholine rings is 1. The average molecular weight is 269 g/mol. The standard InChI is InChI=1S/C8H10F3N3O2S/c9-8(10,11)6-12-7(17-13-6)14-1-2-16-4-5(14)3-15/h5,15H,1-4H2. The summed E-state index contributed by atoms with van der Waals surface area (Å²) in [7, 11) is 0. The molecule has 0 aliphatic carbocycles. The highest BCUT2D eigenvalue weighted by atomic mass is 32.1. The van der Waals surface area contributed by atoms with Gasteiger partial charge in [0.15, 0.2) is 0 Å². The van der Waals surface area contributed by atoms with Crippen LogP contribution in [-0.2, 0) is 10.9 Å². The lowest BCUT2D eigenvalue weighted by Crippen LogP contribution is -2.47. The van der Waals surface area contributed by atoms with Gasteiger partial charge in [0, 0.05) is 18.1 Å². The van der Waals surface area contributed by atoms with Gasteiger partial charge in [-0.3, -0.25) is 0 Å². The van der Waals surface area contributed by atoms with Crippen molar-refractivity contribution >= 4 is 16.7 Å².